The van der Waals surface area contributed by atoms with Gasteiger partial charge >= 0.3 is 0 Å². The van der Waals surface area contributed by atoms with Crippen LogP contribution in [0.15, 0.2) is 77.4 Å². The molecule has 0 saturated heterocycles. The zero-order valence-electron chi connectivity index (χ0n) is 18.2. The number of ether oxygens (including phenoxy) is 1. The summed E-state index contributed by atoms with van der Waals surface area (Å²) in [5.41, 5.74) is 6.04. The highest BCUT2D eigenvalue weighted by molar-refractivity contribution is 6.31. The van der Waals surface area contributed by atoms with E-state index in [1.807, 2.05) is 75.4 Å². The minimum atomic E-state index is -0.236. The summed E-state index contributed by atoms with van der Waals surface area (Å²) in [4.78, 5) is 12.7. The van der Waals surface area contributed by atoms with E-state index < -0.39 is 0 Å². The first-order chi connectivity index (χ1) is 15.5. The highest BCUT2D eigenvalue weighted by Crippen LogP contribution is 2.37. The Morgan fingerprint density at radius 3 is 2.62 bits per heavy atom. The van der Waals surface area contributed by atoms with E-state index in [-0.39, 0.29) is 5.91 Å². The number of aryl methyl sites for hydroxylation is 1. The minimum Gasteiger partial charge on any atom is -0.493 e. The van der Waals surface area contributed by atoms with E-state index in [9.17, 15) is 4.79 Å². The molecule has 0 fully saturated rings. The molecule has 1 amide bonds. The predicted octanol–water partition coefficient (Wildman–Crippen LogP) is 7.50. The van der Waals surface area contributed by atoms with Gasteiger partial charge in [-0.05, 0) is 55.7 Å². The van der Waals surface area contributed by atoms with E-state index >= 15 is 0 Å². The van der Waals surface area contributed by atoms with Crippen LogP contribution in [0.3, 0.4) is 0 Å². The highest BCUT2D eigenvalue weighted by Gasteiger charge is 2.15. The maximum atomic E-state index is 12.7. The van der Waals surface area contributed by atoms with Gasteiger partial charge in [-0.1, -0.05) is 48.0 Å². The van der Waals surface area contributed by atoms with Crippen LogP contribution in [0.25, 0.3) is 27.7 Å². The van der Waals surface area contributed by atoms with Crippen molar-refractivity contribution in [2.24, 2.45) is 0 Å². The highest BCUT2D eigenvalue weighted by atomic mass is 35.5. The second kappa shape index (κ2) is 9.33. The SMILES string of the molecule is CCOc1cc2occ(-c3ccccc3)c2cc1/C(C)=C/C(=O)Nc1ccc(C)c(Cl)c1. The second-order valence-electron chi connectivity index (χ2n) is 7.57. The van der Waals surface area contributed by atoms with Crippen LogP contribution in [0, 0.1) is 6.92 Å². The second-order valence-corrected chi connectivity index (χ2v) is 7.98. The minimum absolute atomic E-state index is 0.236. The first kappa shape index (κ1) is 21.7. The van der Waals surface area contributed by atoms with Crippen molar-refractivity contribution >= 4 is 39.7 Å². The number of amides is 1. The molecule has 0 aliphatic carbocycles. The number of rotatable bonds is 6. The molecule has 4 aromatic rings. The maximum absolute atomic E-state index is 12.7. The van der Waals surface area contributed by atoms with Crippen molar-refractivity contribution in [2.75, 3.05) is 11.9 Å². The summed E-state index contributed by atoms with van der Waals surface area (Å²) >= 11 is 6.17. The van der Waals surface area contributed by atoms with Crippen molar-refractivity contribution in [1.82, 2.24) is 0 Å². The number of benzene rings is 3. The van der Waals surface area contributed by atoms with Crippen LogP contribution in [-0.2, 0) is 4.79 Å². The Bertz CT molecular complexity index is 1310. The molecule has 0 saturated carbocycles. The zero-order chi connectivity index (χ0) is 22.7. The van der Waals surface area contributed by atoms with E-state index in [1.165, 1.54) is 0 Å². The summed E-state index contributed by atoms with van der Waals surface area (Å²) in [5, 5.41) is 4.45. The monoisotopic (exact) mass is 445 g/mol. The molecule has 4 rings (SSSR count). The average Bonchev–Trinajstić information content (AvgIpc) is 3.19. The Labute approximate surface area is 192 Å². The standard InChI is InChI=1S/C27H24ClNO3/c1-4-31-25-15-26-22(23(16-32-26)19-8-6-5-7-9-19)14-21(25)18(3)12-27(30)29-20-11-10-17(2)24(28)13-20/h5-16H,4H2,1-3H3,(H,29,30)/b18-12+. The Kier molecular flexibility index (Phi) is 6.33. The lowest BCUT2D eigenvalue weighted by atomic mass is 9.99. The van der Waals surface area contributed by atoms with Crippen molar-refractivity contribution in [2.45, 2.75) is 20.8 Å². The zero-order valence-corrected chi connectivity index (χ0v) is 19.0. The molecule has 4 nitrogen and oxygen atoms in total. The van der Waals surface area contributed by atoms with E-state index in [1.54, 1.807) is 18.4 Å². The van der Waals surface area contributed by atoms with Crippen LogP contribution in [0.1, 0.15) is 25.0 Å². The van der Waals surface area contributed by atoms with Gasteiger partial charge in [-0.2, -0.15) is 0 Å². The van der Waals surface area contributed by atoms with E-state index in [0.29, 0.717) is 23.1 Å². The molecule has 0 aliphatic rings. The molecule has 3 aromatic carbocycles. The fourth-order valence-corrected chi connectivity index (χ4v) is 3.78. The van der Waals surface area contributed by atoms with Gasteiger partial charge in [0.05, 0.1) is 12.9 Å². The fourth-order valence-electron chi connectivity index (χ4n) is 3.60. The molecule has 0 unspecified atom stereocenters. The molecule has 0 radical (unpaired) electrons. The van der Waals surface area contributed by atoms with Crippen LogP contribution in [0.2, 0.25) is 5.02 Å². The molecule has 0 bridgehead atoms. The number of anilines is 1. The molecule has 5 heteroatoms. The van der Waals surface area contributed by atoms with Gasteiger partial charge in [-0.3, -0.25) is 4.79 Å². The smallest absolute Gasteiger partial charge is 0.248 e. The van der Waals surface area contributed by atoms with Gasteiger partial charge in [0.15, 0.2) is 0 Å². The van der Waals surface area contributed by atoms with Gasteiger partial charge in [-0.25, -0.2) is 0 Å². The Balaban J connectivity index is 1.71. The van der Waals surface area contributed by atoms with E-state index in [0.717, 1.165) is 38.8 Å². The molecule has 32 heavy (non-hydrogen) atoms. The van der Waals surface area contributed by atoms with Crippen molar-refractivity contribution < 1.29 is 13.9 Å². The van der Waals surface area contributed by atoms with Crippen LogP contribution in [0.4, 0.5) is 5.69 Å². The van der Waals surface area contributed by atoms with E-state index in [2.05, 4.69) is 5.32 Å². The molecule has 1 heterocycles. The number of hydrogen-bond donors (Lipinski definition) is 1. The van der Waals surface area contributed by atoms with Gasteiger partial charge in [0.25, 0.3) is 0 Å². The summed E-state index contributed by atoms with van der Waals surface area (Å²) in [6.45, 7) is 6.25. The van der Waals surface area contributed by atoms with Gasteiger partial charge in [-0.15, -0.1) is 0 Å². The first-order valence-corrected chi connectivity index (χ1v) is 10.8. The Morgan fingerprint density at radius 2 is 1.91 bits per heavy atom. The van der Waals surface area contributed by atoms with Gasteiger partial charge in [0.2, 0.25) is 5.91 Å². The molecule has 1 N–H and O–H groups in total. The lowest BCUT2D eigenvalue weighted by Gasteiger charge is -2.12. The number of fused-ring (bicyclic) bond motifs is 1. The average molecular weight is 446 g/mol. The number of halogens is 1. The Morgan fingerprint density at radius 1 is 1.12 bits per heavy atom. The molecule has 0 atom stereocenters. The van der Waals surface area contributed by atoms with Gasteiger partial charge < -0.3 is 14.5 Å². The number of nitrogens with one attached hydrogen (secondary N) is 1. The first-order valence-electron chi connectivity index (χ1n) is 10.5. The van der Waals surface area contributed by atoms with Crippen LogP contribution < -0.4 is 10.1 Å². The normalized spacial score (nSPS) is 11.6. The lowest BCUT2D eigenvalue weighted by Crippen LogP contribution is -2.09. The third-order valence-electron chi connectivity index (χ3n) is 5.27. The predicted molar refractivity (Wildman–Crippen MR) is 131 cm³/mol. The lowest BCUT2D eigenvalue weighted by molar-refractivity contribution is -0.111. The summed E-state index contributed by atoms with van der Waals surface area (Å²) in [7, 11) is 0. The number of hydrogen-bond acceptors (Lipinski definition) is 3. The topological polar surface area (TPSA) is 51.5 Å². The van der Waals surface area contributed by atoms with Crippen LogP contribution in [0.5, 0.6) is 5.75 Å². The quantitative estimate of drug-likeness (QED) is 0.312. The molecular formula is C27H24ClNO3. The number of allylic oxidation sites excluding steroid dienone is 1. The van der Waals surface area contributed by atoms with Crippen LogP contribution >= 0.6 is 11.6 Å². The third kappa shape index (κ3) is 4.56. The van der Waals surface area contributed by atoms with Crippen molar-refractivity contribution in [3.63, 3.8) is 0 Å². The Hall–Kier alpha value is -3.50. The summed E-state index contributed by atoms with van der Waals surface area (Å²) in [6, 6.07) is 19.4. The molecule has 1 aromatic heterocycles. The largest absolute Gasteiger partial charge is 0.493 e. The fraction of sp³-hybridized carbons (Fsp3) is 0.148. The van der Waals surface area contributed by atoms with Crippen molar-refractivity contribution in [3.05, 3.63) is 89.2 Å². The third-order valence-corrected chi connectivity index (χ3v) is 5.68. The van der Waals surface area contributed by atoms with Crippen molar-refractivity contribution in [1.29, 1.82) is 0 Å². The van der Waals surface area contributed by atoms with Gasteiger partial charge in [0.1, 0.15) is 11.3 Å². The van der Waals surface area contributed by atoms with Crippen LogP contribution in [-0.4, -0.2) is 12.5 Å². The summed E-state index contributed by atoms with van der Waals surface area (Å²) < 4.78 is 11.7. The summed E-state index contributed by atoms with van der Waals surface area (Å²) in [5.74, 6) is 0.439. The molecule has 0 aliphatic heterocycles. The van der Waals surface area contributed by atoms with Crippen molar-refractivity contribution in [3.8, 4) is 16.9 Å². The maximum Gasteiger partial charge on any atom is 0.248 e. The summed E-state index contributed by atoms with van der Waals surface area (Å²) in [6.07, 6.45) is 3.33. The number of carbonyl (C=O) groups is 1. The molecular weight excluding hydrogens is 422 g/mol. The number of furan rings is 1. The van der Waals surface area contributed by atoms with Gasteiger partial charge in [0, 0.05) is 39.4 Å². The van der Waals surface area contributed by atoms with E-state index in [4.69, 9.17) is 20.8 Å². The molecule has 162 valence electrons. The molecule has 0 spiro atoms. The number of carbonyl (C=O) groups excluding carboxylic acids is 1.